The van der Waals surface area contributed by atoms with E-state index >= 15 is 0 Å². The van der Waals surface area contributed by atoms with Gasteiger partial charge in [0.2, 0.25) is 5.91 Å². The molecule has 1 amide bonds. The molecular weight excluding hydrogens is 396 g/mol. The van der Waals surface area contributed by atoms with E-state index in [2.05, 4.69) is 20.6 Å². The van der Waals surface area contributed by atoms with Crippen LogP contribution in [0.3, 0.4) is 0 Å². The Morgan fingerprint density at radius 3 is 2.03 bits per heavy atom. The van der Waals surface area contributed by atoms with Gasteiger partial charge in [-0.15, -0.1) is 0 Å². The largest absolute Gasteiger partial charge is 0.475 e. The quantitative estimate of drug-likeness (QED) is 0.436. The Hall–Kier alpha value is -4.35. The first-order valence-corrected chi connectivity index (χ1v) is 8.70. The molecule has 2 aromatic carbocycles. The van der Waals surface area contributed by atoms with Crippen molar-refractivity contribution in [2.45, 2.75) is 13.8 Å². The van der Waals surface area contributed by atoms with Gasteiger partial charge >= 0.3 is 11.4 Å². The molecule has 1 aromatic heterocycles. The SMILES string of the molecule is CCOc1nc2cc([N+](=O)[O-])c([N+](=O)[O-])cc2nc1Nc1ccc(NC(C)=O)cc1. The van der Waals surface area contributed by atoms with E-state index in [4.69, 9.17) is 4.74 Å². The van der Waals surface area contributed by atoms with Crippen molar-refractivity contribution < 1.29 is 19.4 Å². The summed E-state index contributed by atoms with van der Waals surface area (Å²) in [5.41, 5.74) is 0.00578. The molecule has 12 nitrogen and oxygen atoms in total. The number of hydrogen-bond donors (Lipinski definition) is 2. The molecule has 0 saturated heterocycles. The van der Waals surface area contributed by atoms with Gasteiger partial charge in [0.1, 0.15) is 5.52 Å². The zero-order chi connectivity index (χ0) is 21.8. The number of carbonyl (C=O) groups excluding carboxylic acids is 1. The van der Waals surface area contributed by atoms with E-state index in [1.807, 2.05) is 0 Å². The number of nitro benzene ring substituents is 2. The van der Waals surface area contributed by atoms with Gasteiger partial charge in [-0.3, -0.25) is 25.0 Å². The summed E-state index contributed by atoms with van der Waals surface area (Å²) in [6, 6.07) is 8.71. The van der Waals surface area contributed by atoms with E-state index in [0.717, 1.165) is 12.1 Å². The van der Waals surface area contributed by atoms with Crippen LogP contribution in [-0.2, 0) is 4.79 Å². The number of fused-ring (bicyclic) bond motifs is 1. The maximum Gasteiger partial charge on any atom is 0.348 e. The van der Waals surface area contributed by atoms with Gasteiger partial charge in [0.05, 0.1) is 34.1 Å². The van der Waals surface area contributed by atoms with Crippen molar-refractivity contribution in [2.24, 2.45) is 0 Å². The number of rotatable bonds is 7. The number of anilines is 3. The number of hydrogen-bond acceptors (Lipinski definition) is 9. The van der Waals surface area contributed by atoms with Crippen molar-refractivity contribution in [3.63, 3.8) is 0 Å². The molecule has 0 saturated carbocycles. The number of amides is 1. The van der Waals surface area contributed by atoms with Gasteiger partial charge in [-0.25, -0.2) is 9.97 Å². The molecule has 12 heteroatoms. The summed E-state index contributed by atoms with van der Waals surface area (Å²) in [6.45, 7) is 3.39. The molecule has 30 heavy (non-hydrogen) atoms. The second-order valence-electron chi connectivity index (χ2n) is 6.04. The molecule has 1 heterocycles. The maximum atomic E-state index is 11.2. The Bertz CT molecular complexity index is 1150. The van der Waals surface area contributed by atoms with Crippen LogP contribution in [0.5, 0.6) is 5.88 Å². The summed E-state index contributed by atoms with van der Waals surface area (Å²) in [5, 5.41) is 28.0. The summed E-state index contributed by atoms with van der Waals surface area (Å²) in [5.74, 6) is 0.0595. The standard InChI is InChI=1S/C18H16N6O6/c1-3-30-18-17(20-12-6-4-11(5-7-12)19-10(2)25)21-13-8-15(23(26)27)16(24(28)29)9-14(13)22-18/h4-9H,3H2,1-2H3,(H,19,25)(H,20,21). The zero-order valence-corrected chi connectivity index (χ0v) is 15.9. The van der Waals surface area contributed by atoms with Crippen LogP contribution >= 0.6 is 0 Å². The topological polar surface area (TPSA) is 162 Å². The molecule has 2 N–H and O–H groups in total. The summed E-state index contributed by atoms with van der Waals surface area (Å²) >= 11 is 0. The van der Waals surface area contributed by atoms with Crippen LogP contribution in [0.25, 0.3) is 11.0 Å². The Morgan fingerprint density at radius 1 is 1.00 bits per heavy atom. The minimum atomic E-state index is -0.845. The second-order valence-corrected chi connectivity index (χ2v) is 6.04. The third-order valence-corrected chi connectivity index (χ3v) is 3.87. The second kappa shape index (κ2) is 8.34. The molecule has 0 aliphatic carbocycles. The van der Waals surface area contributed by atoms with E-state index < -0.39 is 21.2 Å². The van der Waals surface area contributed by atoms with Crippen LogP contribution in [0.15, 0.2) is 36.4 Å². The van der Waals surface area contributed by atoms with E-state index in [0.29, 0.717) is 11.4 Å². The molecule has 154 valence electrons. The van der Waals surface area contributed by atoms with E-state index in [9.17, 15) is 25.0 Å². The van der Waals surface area contributed by atoms with Gasteiger partial charge in [0.15, 0.2) is 5.82 Å². The van der Waals surface area contributed by atoms with Gasteiger partial charge in [-0.05, 0) is 31.2 Å². The number of nitrogens with one attached hydrogen (secondary N) is 2. The molecule has 0 fully saturated rings. The lowest BCUT2D eigenvalue weighted by molar-refractivity contribution is -0.422. The molecule has 0 spiro atoms. The zero-order valence-electron chi connectivity index (χ0n) is 15.9. The van der Waals surface area contributed by atoms with Crippen molar-refractivity contribution in [3.05, 3.63) is 56.6 Å². The number of ether oxygens (including phenoxy) is 1. The first kappa shape index (κ1) is 20.4. The molecule has 3 rings (SSSR count). The predicted octanol–water partition coefficient (Wildman–Crippen LogP) is 3.55. The van der Waals surface area contributed by atoms with E-state index in [1.165, 1.54) is 6.92 Å². The number of benzene rings is 2. The minimum absolute atomic E-state index is 0.0825. The van der Waals surface area contributed by atoms with Gasteiger partial charge in [0.25, 0.3) is 5.88 Å². The fraction of sp³-hybridized carbons (Fsp3) is 0.167. The number of nitro groups is 2. The predicted molar refractivity (Wildman–Crippen MR) is 108 cm³/mol. The summed E-state index contributed by atoms with van der Waals surface area (Å²) in [7, 11) is 0. The van der Waals surface area contributed by atoms with Crippen LogP contribution in [0, 0.1) is 20.2 Å². The van der Waals surface area contributed by atoms with Crippen LogP contribution < -0.4 is 15.4 Å². The normalized spacial score (nSPS) is 10.5. The highest BCUT2D eigenvalue weighted by atomic mass is 16.6. The summed E-state index contributed by atoms with van der Waals surface area (Å²) in [4.78, 5) is 40.3. The Morgan fingerprint density at radius 2 is 1.53 bits per heavy atom. The average molecular weight is 412 g/mol. The summed E-state index contributed by atoms with van der Waals surface area (Å²) < 4.78 is 5.47. The van der Waals surface area contributed by atoms with Crippen LogP contribution in [-0.4, -0.2) is 32.3 Å². The molecular formula is C18H16N6O6. The average Bonchev–Trinajstić information content (AvgIpc) is 2.68. The molecule has 0 atom stereocenters. The monoisotopic (exact) mass is 412 g/mol. The minimum Gasteiger partial charge on any atom is -0.475 e. The smallest absolute Gasteiger partial charge is 0.348 e. The highest BCUT2D eigenvalue weighted by molar-refractivity contribution is 5.89. The van der Waals surface area contributed by atoms with Gasteiger partial charge in [0, 0.05) is 18.3 Å². The first-order chi connectivity index (χ1) is 14.3. The summed E-state index contributed by atoms with van der Waals surface area (Å²) in [6.07, 6.45) is 0. The highest BCUT2D eigenvalue weighted by Crippen LogP contribution is 2.34. The van der Waals surface area contributed by atoms with Crippen molar-refractivity contribution >= 4 is 45.5 Å². The van der Waals surface area contributed by atoms with Crippen molar-refractivity contribution in [3.8, 4) is 5.88 Å². The Kier molecular flexibility index (Phi) is 5.67. The third kappa shape index (κ3) is 4.38. The van der Waals surface area contributed by atoms with Crippen molar-refractivity contribution in [1.29, 1.82) is 0 Å². The van der Waals surface area contributed by atoms with Gasteiger partial charge < -0.3 is 15.4 Å². The Labute approximate surface area is 169 Å². The molecule has 3 aromatic rings. The lowest BCUT2D eigenvalue weighted by atomic mass is 10.2. The molecule has 0 aliphatic heterocycles. The lowest BCUT2D eigenvalue weighted by Gasteiger charge is -2.12. The number of aromatic nitrogens is 2. The molecule has 0 radical (unpaired) electrons. The molecule has 0 aliphatic rings. The van der Waals surface area contributed by atoms with Crippen molar-refractivity contribution in [2.75, 3.05) is 17.2 Å². The number of nitrogens with zero attached hydrogens (tertiary/aromatic N) is 4. The fourth-order valence-corrected chi connectivity index (χ4v) is 2.65. The van der Waals surface area contributed by atoms with Crippen LogP contribution in [0.1, 0.15) is 13.8 Å². The molecule has 0 unspecified atom stereocenters. The maximum absolute atomic E-state index is 11.2. The van der Waals surface area contributed by atoms with Gasteiger partial charge in [-0.1, -0.05) is 0 Å². The molecule has 0 bridgehead atoms. The van der Waals surface area contributed by atoms with Gasteiger partial charge in [-0.2, -0.15) is 0 Å². The van der Waals surface area contributed by atoms with Crippen LogP contribution in [0.4, 0.5) is 28.6 Å². The van der Waals surface area contributed by atoms with Crippen molar-refractivity contribution in [1.82, 2.24) is 9.97 Å². The third-order valence-electron chi connectivity index (χ3n) is 3.87. The number of carbonyl (C=O) groups is 1. The van der Waals surface area contributed by atoms with Crippen LogP contribution in [0.2, 0.25) is 0 Å². The Balaban J connectivity index is 2.05. The fourth-order valence-electron chi connectivity index (χ4n) is 2.65. The lowest BCUT2D eigenvalue weighted by Crippen LogP contribution is -2.06. The van der Waals surface area contributed by atoms with E-state index in [-0.39, 0.29) is 35.2 Å². The van der Waals surface area contributed by atoms with E-state index in [1.54, 1.807) is 31.2 Å². The first-order valence-electron chi connectivity index (χ1n) is 8.70. The highest BCUT2D eigenvalue weighted by Gasteiger charge is 2.26.